The normalized spacial score (nSPS) is 44.2. The van der Waals surface area contributed by atoms with Gasteiger partial charge in [-0.1, -0.05) is 110 Å². The molecule has 2 nitrogen and oxygen atoms in total. The molecule has 5 fully saturated rings. The Labute approximate surface area is 217 Å². The Kier molecular flexibility index (Phi) is 9.24. The van der Waals surface area contributed by atoms with Gasteiger partial charge < -0.3 is 10.2 Å². The average molecular weight is 487 g/mol. The van der Waals surface area contributed by atoms with Gasteiger partial charge in [0.15, 0.2) is 0 Å². The van der Waals surface area contributed by atoms with Gasteiger partial charge in [0.25, 0.3) is 0 Å². The van der Waals surface area contributed by atoms with Crippen molar-refractivity contribution in [3.8, 4) is 0 Å². The molecule has 0 radical (unpaired) electrons. The number of hydrogen-bond acceptors (Lipinski definition) is 2. The first-order chi connectivity index (χ1) is 17.0. The maximum absolute atomic E-state index is 11.3. The average Bonchev–Trinajstić information content (AvgIpc) is 2.88. The van der Waals surface area contributed by atoms with E-state index in [-0.39, 0.29) is 12.2 Å². The maximum atomic E-state index is 11.3. The lowest BCUT2D eigenvalue weighted by Gasteiger charge is -2.53. The van der Waals surface area contributed by atoms with E-state index in [9.17, 15) is 10.2 Å². The van der Waals surface area contributed by atoms with Gasteiger partial charge in [-0.15, -0.1) is 0 Å². The van der Waals surface area contributed by atoms with Crippen LogP contribution in [0.15, 0.2) is 0 Å². The molecule has 2 heteroatoms. The van der Waals surface area contributed by atoms with Crippen LogP contribution in [0.25, 0.3) is 0 Å². The summed E-state index contributed by atoms with van der Waals surface area (Å²) in [4.78, 5) is 0. The molecule has 35 heavy (non-hydrogen) atoms. The molecule has 5 saturated carbocycles. The highest BCUT2D eigenvalue weighted by Gasteiger charge is 2.49. The molecule has 0 heterocycles. The molecule has 0 amide bonds. The van der Waals surface area contributed by atoms with Crippen LogP contribution in [0, 0.1) is 59.2 Å². The third-order valence-corrected chi connectivity index (χ3v) is 12.5. The lowest BCUT2D eigenvalue weighted by Crippen LogP contribution is -2.49. The molecule has 5 aliphatic carbocycles. The molecule has 0 aromatic carbocycles. The smallest absolute Gasteiger partial charge is 0.0573 e. The van der Waals surface area contributed by atoms with Crippen LogP contribution in [0.2, 0.25) is 0 Å². The topological polar surface area (TPSA) is 40.5 Å². The summed E-state index contributed by atoms with van der Waals surface area (Å²) >= 11 is 0. The van der Waals surface area contributed by atoms with Crippen molar-refractivity contribution in [2.24, 2.45) is 59.2 Å². The maximum Gasteiger partial charge on any atom is 0.0573 e. The lowest BCUT2D eigenvalue weighted by atomic mass is 9.53. The Morgan fingerprint density at radius 2 is 0.857 bits per heavy atom. The predicted molar refractivity (Wildman–Crippen MR) is 146 cm³/mol. The molecule has 0 aromatic rings. The van der Waals surface area contributed by atoms with Crippen molar-refractivity contribution in [3.05, 3.63) is 0 Å². The second-order valence-electron chi connectivity index (χ2n) is 14.5. The van der Waals surface area contributed by atoms with Crippen molar-refractivity contribution in [1.82, 2.24) is 0 Å². The van der Waals surface area contributed by atoms with Crippen LogP contribution in [0.4, 0.5) is 0 Å². The summed E-state index contributed by atoms with van der Waals surface area (Å²) in [7, 11) is 0. The van der Waals surface area contributed by atoms with Gasteiger partial charge >= 0.3 is 0 Å². The molecule has 8 atom stereocenters. The van der Waals surface area contributed by atoms with E-state index in [1.54, 1.807) is 0 Å². The van der Waals surface area contributed by atoms with E-state index in [1.165, 1.54) is 109 Å². The summed E-state index contributed by atoms with van der Waals surface area (Å²) in [5.41, 5.74) is 0. The van der Waals surface area contributed by atoms with Gasteiger partial charge in [0.05, 0.1) is 12.2 Å². The second-order valence-corrected chi connectivity index (χ2v) is 14.5. The molecular weight excluding hydrogens is 428 g/mol. The highest BCUT2D eigenvalue weighted by Crippen LogP contribution is 2.55. The lowest BCUT2D eigenvalue weighted by molar-refractivity contribution is -0.0871. The van der Waals surface area contributed by atoms with Crippen LogP contribution in [-0.2, 0) is 0 Å². The van der Waals surface area contributed by atoms with E-state index in [0.717, 1.165) is 48.3 Å². The molecule has 8 unspecified atom stereocenters. The van der Waals surface area contributed by atoms with Crippen molar-refractivity contribution in [3.63, 3.8) is 0 Å². The third kappa shape index (κ3) is 6.00. The molecule has 2 N–H and O–H groups in total. The number of rotatable bonds is 5. The highest BCUT2D eigenvalue weighted by atomic mass is 16.3. The van der Waals surface area contributed by atoms with E-state index in [0.29, 0.717) is 23.7 Å². The summed E-state index contributed by atoms with van der Waals surface area (Å²) in [6, 6.07) is 0. The van der Waals surface area contributed by atoms with E-state index < -0.39 is 0 Å². The van der Waals surface area contributed by atoms with Crippen molar-refractivity contribution < 1.29 is 10.2 Å². The van der Waals surface area contributed by atoms with Crippen LogP contribution in [0.5, 0.6) is 0 Å². The van der Waals surface area contributed by atoms with E-state index in [2.05, 4.69) is 13.8 Å². The van der Waals surface area contributed by atoms with Crippen molar-refractivity contribution in [1.29, 1.82) is 0 Å². The van der Waals surface area contributed by atoms with Crippen LogP contribution in [0.3, 0.4) is 0 Å². The van der Waals surface area contributed by atoms with Gasteiger partial charge in [-0.3, -0.25) is 0 Å². The number of aliphatic hydroxyl groups excluding tert-OH is 2. The Bertz CT molecular complexity index is 583. The molecular formula is C33H58O2. The zero-order valence-corrected chi connectivity index (χ0v) is 23.3. The van der Waals surface area contributed by atoms with Gasteiger partial charge in [-0.25, -0.2) is 0 Å². The summed E-state index contributed by atoms with van der Waals surface area (Å²) < 4.78 is 0. The van der Waals surface area contributed by atoms with E-state index in [4.69, 9.17) is 0 Å². The van der Waals surface area contributed by atoms with Crippen molar-refractivity contribution >= 4 is 0 Å². The molecule has 5 aliphatic rings. The van der Waals surface area contributed by atoms with Crippen LogP contribution in [-0.4, -0.2) is 22.4 Å². The Balaban J connectivity index is 1.39. The number of aliphatic hydroxyl groups is 2. The monoisotopic (exact) mass is 486 g/mol. The first-order valence-electron chi connectivity index (χ1n) is 16.4. The third-order valence-electron chi connectivity index (χ3n) is 12.5. The second kappa shape index (κ2) is 12.2. The molecule has 0 aromatic heterocycles. The van der Waals surface area contributed by atoms with Crippen molar-refractivity contribution in [2.75, 3.05) is 0 Å². The quantitative estimate of drug-likeness (QED) is 0.409. The summed E-state index contributed by atoms with van der Waals surface area (Å²) in [5, 5.41) is 22.6. The summed E-state index contributed by atoms with van der Waals surface area (Å²) in [6.07, 6.45) is 25.6. The largest absolute Gasteiger partial charge is 0.393 e. The summed E-state index contributed by atoms with van der Waals surface area (Å²) in [5.74, 6) is 7.30. The van der Waals surface area contributed by atoms with Crippen molar-refractivity contribution in [2.45, 2.75) is 148 Å². The Morgan fingerprint density at radius 1 is 0.486 bits per heavy atom. The molecule has 202 valence electrons. The standard InChI is InChI=1S/C33H58O2/c1-22-18-31(34)29(24-12-6-3-7-13-24)20-27(22)33(26-16-10-5-11-17-26)28-21-30(32(35)19-23(28)2)25-14-8-4-9-15-25/h22-35H,3-21H2,1-2H3. The highest BCUT2D eigenvalue weighted by molar-refractivity contribution is 4.99. The van der Waals surface area contributed by atoms with Gasteiger partial charge in [0, 0.05) is 0 Å². The molecule has 0 bridgehead atoms. The van der Waals surface area contributed by atoms with Crippen LogP contribution >= 0.6 is 0 Å². The minimum atomic E-state index is -0.0584. The Morgan fingerprint density at radius 3 is 1.26 bits per heavy atom. The van der Waals surface area contributed by atoms with Crippen LogP contribution < -0.4 is 0 Å². The molecule has 0 spiro atoms. The molecule has 0 aliphatic heterocycles. The summed E-state index contributed by atoms with van der Waals surface area (Å²) in [6.45, 7) is 5.00. The first kappa shape index (κ1) is 26.5. The predicted octanol–water partition coefficient (Wildman–Crippen LogP) is 8.39. The zero-order chi connectivity index (χ0) is 24.4. The SMILES string of the molecule is CC1CC(O)C(C2CCCCC2)CC1C(C1CCCCC1)C1CC(C2CCCCC2)C(O)CC1C. The van der Waals surface area contributed by atoms with Crippen LogP contribution in [0.1, 0.15) is 136 Å². The fourth-order valence-corrected chi connectivity index (χ4v) is 10.6. The molecule has 5 rings (SSSR count). The van der Waals surface area contributed by atoms with Gasteiger partial charge in [0.1, 0.15) is 0 Å². The fourth-order valence-electron chi connectivity index (χ4n) is 10.6. The van der Waals surface area contributed by atoms with Gasteiger partial charge in [-0.2, -0.15) is 0 Å². The fraction of sp³-hybridized carbons (Fsp3) is 1.00. The van der Waals surface area contributed by atoms with Gasteiger partial charge in [0.2, 0.25) is 0 Å². The van der Waals surface area contributed by atoms with E-state index >= 15 is 0 Å². The minimum absolute atomic E-state index is 0.0584. The van der Waals surface area contributed by atoms with Gasteiger partial charge in [-0.05, 0) is 84.9 Å². The first-order valence-corrected chi connectivity index (χ1v) is 16.4. The van der Waals surface area contributed by atoms with E-state index in [1.807, 2.05) is 0 Å². The zero-order valence-electron chi connectivity index (χ0n) is 23.3. The molecule has 0 saturated heterocycles. The number of hydrogen-bond donors (Lipinski definition) is 2. The minimum Gasteiger partial charge on any atom is -0.393 e. The Hall–Kier alpha value is -0.0800.